The van der Waals surface area contributed by atoms with E-state index in [1.165, 1.54) is 6.07 Å². The van der Waals surface area contributed by atoms with Crippen LogP contribution in [-0.4, -0.2) is 18.3 Å². The second kappa shape index (κ2) is 5.26. The third-order valence-corrected chi connectivity index (χ3v) is 1.63. The molecular weight excluding hydrogens is 205 g/mol. The molecule has 0 N–H and O–H groups in total. The Balaban J connectivity index is 2.69. The molecule has 0 aromatic heterocycles. The molecule has 5 nitrogen and oxygen atoms in total. The van der Waals surface area contributed by atoms with E-state index in [9.17, 15) is 14.5 Å². The molecule has 0 aliphatic carbocycles. The Hall–Kier alpha value is -1.69. The van der Waals surface area contributed by atoms with Crippen molar-refractivity contribution in [2.24, 2.45) is 0 Å². The number of nitro groups is 1. The molecule has 0 saturated carbocycles. The Morgan fingerprint density at radius 2 is 2.27 bits per heavy atom. The van der Waals surface area contributed by atoms with E-state index >= 15 is 0 Å². The van der Waals surface area contributed by atoms with Crippen molar-refractivity contribution in [2.45, 2.75) is 6.92 Å². The minimum absolute atomic E-state index is 0.00620. The van der Waals surface area contributed by atoms with E-state index in [-0.39, 0.29) is 12.5 Å². The van der Waals surface area contributed by atoms with Crippen LogP contribution in [0.3, 0.4) is 0 Å². The predicted molar refractivity (Wildman–Crippen MR) is 50.2 cm³/mol. The number of hydrogen-bond acceptors (Lipinski definition) is 4. The third kappa shape index (κ3) is 3.17. The number of benzene rings is 1. The molecule has 0 saturated heterocycles. The van der Waals surface area contributed by atoms with Crippen LogP contribution in [0.15, 0.2) is 18.2 Å². The summed E-state index contributed by atoms with van der Waals surface area (Å²) in [7, 11) is 0. The van der Waals surface area contributed by atoms with Crippen molar-refractivity contribution in [3.05, 3.63) is 34.1 Å². The fourth-order valence-electron chi connectivity index (χ4n) is 0.919. The molecule has 15 heavy (non-hydrogen) atoms. The molecule has 0 spiro atoms. The Kier molecular flexibility index (Phi) is 3.99. The second-order valence-electron chi connectivity index (χ2n) is 2.63. The van der Waals surface area contributed by atoms with Crippen LogP contribution in [0.25, 0.3) is 0 Å². The summed E-state index contributed by atoms with van der Waals surface area (Å²) in [5.41, 5.74) is -0.571. The molecule has 1 aromatic carbocycles. The highest BCUT2D eigenvalue weighted by Crippen LogP contribution is 2.22. The van der Waals surface area contributed by atoms with Crippen molar-refractivity contribution < 1.29 is 18.8 Å². The summed E-state index contributed by atoms with van der Waals surface area (Å²) in [6, 6.07) is 3.33. The van der Waals surface area contributed by atoms with Gasteiger partial charge in [0.05, 0.1) is 4.92 Å². The molecule has 6 heteroatoms. The van der Waals surface area contributed by atoms with Gasteiger partial charge in [0.25, 0.3) is 0 Å². The van der Waals surface area contributed by atoms with Crippen LogP contribution in [0.2, 0.25) is 0 Å². The zero-order valence-electron chi connectivity index (χ0n) is 8.10. The number of halogens is 1. The monoisotopic (exact) mass is 215 g/mol. The van der Waals surface area contributed by atoms with Crippen molar-refractivity contribution in [3.8, 4) is 5.75 Å². The summed E-state index contributed by atoms with van der Waals surface area (Å²) >= 11 is 0. The number of nitro benzene ring substituents is 1. The molecule has 0 fully saturated rings. The van der Waals surface area contributed by atoms with Crippen LogP contribution >= 0.6 is 0 Å². The fraction of sp³-hybridized carbons (Fsp3) is 0.333. The number of ether oxygens (including phenoxy) is 2. The molecule has 0 atom stereocenters. The van der Waals surface area contributed by atoms with Crippen LogP contribution in [0, 0.1) is 15.9 Å². The Labute approximate surface area is 85.6 Å². The van der Waals surface area contributed by atoms with Gasteiger partial charge in [-0.25, -0.2) is 0 Å². The molecule has 0 radical (unpaired) electrons. The van der Waals surface area contributed by atoms with Gasteiger partial charge < -0.3 is 9.47 Å². The van der Waals surface area contributed by atoms with Crippen molar-refractivity contribution >= 4 is 5.69 Å². The molecule has 0 bridgehead atoms. The first-order valence-electron chi connectivity index (χ1n) is 4.29. The average Bonchev–Trinajstić information content (AvgIpc) is 2.17. The summed E-state index contributed by atoms with van der Waals surface area (Å²) < 4.78 is 22.9. The largest absolute Gasteiger partial charge is 0.467 e. The van der Waals surface area contributed by atoms with Crippen LogP contribution < -0.4 is 4.74 Å². The molecule has 0 unspecified atom stereocenters. The summed E-state index contributed by atoms with van der Waals surface area (Å²) in [6.45, 7) is 2.27. The first kappa shape index (κ1) is 11.4. The summed E-state index contributed by atoms with van der Waals surface area (Å²) in [5, 5.41) is 10.3. The zero-order valence-corrected chi connectivity index (χ0v) is 8.10. The molecule has 1 rings (SSSR count). The lowest BCUT2D eigenvalue weighted by molar-refractivity contribution is -0.387. The predicted octanol–water partition coefficient (Wildman–Crippen LogP) is 2.11. The maximum Gasteiger partial charge on any atom is 0.305 e. The molecule has 1 aromatic rings. The molecule has 0 aliphatic heterocycles. The summed E-state index contributed by atoms with van der Waals surface area (Å²) in [4.78, 5) is 9.50. The maximum absolute atomic E-state index is 13.0. The lowest BCUT2D eigenvalue weighted by atomic mass is 10.3. The highest BCUT2D eigenvalue weighted by molar-refractivity contribution is 5.37. The van der Waals surface area contributed by atoms with E-state index in [1.807, 2.05) is 0 Å². The fourth-order valence-corrected chi connectivity index (χ4v) is 0.919. The van der Waals surface area contributed by atoms with Crippen molar-refractivity contribution in [1.82, 2.24) is 0 Å². The Morgan fingerprint density at radius 1 is 1.53 bits per heavy atom. The van der Waals surface area contributed by atoms with E-state index in [1.54, 1.807) is 6.92 Å². The highest BCUT2D eigenvalue weighted by Gasteiger charge is 2.13. The quantitative estimate of drug-likeness (QED) is 0.326. The van der Waals surface area contributed by atoms with E-state index < -0.39 is 16.4 Å². The van der Waals surface area contributed by atoms with Gasteiger partial charge in [0.1, 0.15) is 5.75 Å². The molecule has 0 amide bonds. The third-order valence-electron chi connectivity index (χ3n) is 1.63. The van der Waals surface area contributed by atoms with Crippen LogP contribution in [0.4, 0.5) is 10.1 Å². The van der Waals surface area contributed by atoms with Crippen LogP contribution in [0.1, 0.15) is 6.92 Å². The molecule has 0 heterocycles. The zero-order chi connectivity index (χ0) is 11.3. The van der Waals surface area contributed by atoms with Gasteiger partial charge >= 0.3 is 5.69 Å². The van der Waals surface area contributed by atoms with Gasteiger partial charge in [-0.1, -0.05) is 0 Å². The van der Waals surface area contributed by atoms with Gasteiger partial charge in [0.15, 0.2) is 6.79 Å². The first-order valence-corrected chi connectivity index (χ1v) is 4.29. The molecule has 0 aliphatic rings. The van der Waals surface area contributed by atoms with Gasteiger partial charge in [-0.2, -0.15) is 4.39 Å². The van der Waals surface area contributed by atoms with Gasteiger partial charge in [-0.05, 0) is 13.0 Å². The van der Waals surface area contributed by atoms with E-state index in [4.69, 9.17) is 9.47 Å². The lowest BCUT2D eigenvalue weighted by Gasteiger charge is -2.05. The SMILES string of the molecule is CCOCOc1ccc([N+](=O)[O-])c(F)c1. The Morgan fingerprint density at radius 3 is 2.80 bits per heavy atom. The van der Waals surface area contributed by atoms with Gasteiger partial charge in [0.2, 0.25) is 5.82 Å². The minimum Gasteiger partial charge on any atom is -0.467 e. The van der Waals surface area contributed by atoms with E-state index in [0.29, 0.717) is 6.61 Å². The maximum atomic E-state index is 13.0. The second-order valence-corrected chi connectivity index (χ2v) is 2.63. The first-order chi connectivity index (χ1) is 7.15. The minimum atomic E-state index is -0.922. The van der Waals surface area contributed by atoms with Gasteiger partial charge in [-0.3, -0.25) is 10.1 Å². The Bertz CT molecular complexity index is 356. The highest BCUT2D eigenvalue weighted by atomic mass is 19.1. The topological polar surface area (TPSA) is 61.6 Å². The summed E-state index contributed by atoms with van der Waals surface area (Å²) in [6.07, 6.45) is 0. The van der Waals surface area contributed by atoms with E-state index in [0.717, 1.165) is 12.1 Å². The molecular formula is C9H10FNO4. The van der Waals surface area contributed by atoms with Crippen molar-refractivity contribution in [2.75, 3.05) is 13.4 Å². The van der Waals surface area contributed by atoms with Crippen molar-refractivity contribution in [1.29, 1.82) is 0 Å². The van der Waals surface area contributed by atoms with Crippen LogP contribution in [0.5, 0.6) is 5.75 Å². The van der Waals surface area contributed by atoms with Gasteiger partial charge in [-0.15, -0.1) is 0 Å². The smallest absolute Gasteiger partial charge is 0.305 e. The normalized spacial score (nSPS) is 10.0. The standard InChI is InChI=1S/C9H10FNO4/c1-2-14-6-15-7-3-4-9(11(12)13)8(10)5-7/h3-5H,2,6H2,1H3. The average molecular weight is 215 g/mol. The lowest BCUT2D eigenvalue weighted by Crippen LogP contribution is -2.02. The van der Waals surface area contributed by atoms with E-state index in [2.05, 4.69) is 0 Å². The number of nitrogens with zero attached hydrogens (tertiary/aromatic N) is 1. The molecule has 82 valence electrons. The van der Waals surface area contributed by atoms with Crippen LogP contribution in [-0.2, 0) is 4.74 Å². The number of hydrogen-bond donors (Lipinski definition) is 0. The summed E-state index contributed by atoms with van der Waals surface area (Å²) in [5.74, 6) is -0.722. The van der Waals surface area contributed by atoms with Gasteiger partial charge in [0, 0.05) is 18.7 Å². The van der Waals surface area contributed by atoms with Crippen molar-refractivity contribution in [3.63, 3.8) is 0 Å². The number of rotatable bonds is 5.